The van der Waals surface area contributed by atoms with Crippen molar-refractivity contribution < 1.29 is 59.8 Å². The molecule has 13 N–H and O–H groups in total. The van der Waals surface area contributed by atoms with E-state index in [1.54, 1.807) is 7.05 Å². The number of nitrogens with one attached hydrogen (secondary N) is 1. The number of ether oxygens (including phenoxy) is 4. The Morgan fingerprint density at radius 2 is 1.58 bits per heavy atom. The van der Waals surface area contributed by atoms with Crippen molar-refractivity contribution in [3.05, 3.63) is 0 Å². The fraction of sp³-hybridized carbons (Fsp3) is 1.00. The number of hydrogen-bond donors (Lipinski definition) is 11. The Hall–Kier alpha value is -0.600. The van der Waals surface area contributed by atoms with E-state index < -0.39 is 110 Å². The Bertz CT molecular complexity index is 755. The Morgan fingerprint density at radius 3 is 2.19 bits per heavy atom. The number of rotatable bonds is 6. The van der Waals surface area contributed by atoms with E-state index in [1.807, 2.05) is 0 Å². The van der Waals surface area contributed by atoms with Crippen LogP contribution in [0.15, 0.2) is 0 Å². The van der Waals surface area contributed by atoms with Crippen molar-refractivity contribution in [1.29, 1.82) is 0 Å². The third-order valence-electron chi connectivity index (χ3n) is 7.94. The molecule has 2 saturated carbocycles. The number of likely N-dealkylation sites (N-methyl/N-ethyl adjacent to an activating group) is 1. The standard InChI is InChI=1S/C21H39N3O12/c1-24-9-3-7(22)12(28)18(13(9)29)33-10-2-6(4-25)11(27)19-17(10)35-21(36-19)20(32)15(31)14(30)16(34-21)8(23)5-26/h6-20,24-32H,2-5,22-23H2,1H3/t6-,7-,8-,9+,10-,11+,12+,13-,14-,15+,16+,17+,18-,19+,20-,21+/m1/s1. The third-order valence-corrected chi connectivity index (χ3v) is 7.94. The molecule has 1 spiro atoms. The molecule has 2 aliphatic carbocycles. The van der Waals surface area contributed by atoms with Gasteiger partial charge >= 0.3 is 5.97 Å². The summed E-state index contributed by atoms with van der Waals surface area (Å²) in [5.74, 6) is -3.17. The molecule has 0 aromatic heterocycles. The fourth-order valence-corrected chi connectivity index (χ4v) is 5.71. The maximum atomic E-state index is 10.9. The lowest BCUT2D eigenvalue weighted by Crippen LogP contribution is -2.68. The molecule has 15 nitrogen and oxygen atoms in total. The molecule has 0 unspecified atom stereocenters. The van der Waals surface area contributed by atoms with Crippen LogP contribution in [-0.4, -0.2) is 152 Å². The molecule has 0 amide bonds. The maximum absolute atomic E-state index is 10.9. The van der Waals surface area contributed by atoms with Gasteiger partial charge in [-0.15, -0.1) is 0 Å². The van der Waals surface area contributed by atoms with Gasteiger partial charge in [0.05, 0.1) is 37.1 Å². The van der Waals surface area contributed by atoms with Crippen LogP contribution in [0.5, 0.6) is 0 Å². The average molecular weight is 526 g/mol. The zero-order valence-corrected chi connectivity index (χ0v) is 19.9. The number of nitrogens with two attached hydrogens (primary N) is 2. The molecule has 2 aliphatic heterocycles. The molecule has 15 heteroatoms. The van der Waals surface area contributed by atoms with E-state index in [-0.39, 0.29) is 6.42 Å². The highest BCUT2D eigenvalue weighted by Gasteiger charge is 2.67. The van der Waals surface area contributed by atoms with Crippen LogP contribution in [0.1, 0.15) is 12.8 Å². The van der Waals surface area contributed by atoms with Crippen molar-refractivity contribution in [2.45, 2.75) is 104 Å². The fourth-order valence-electron chi connectivity index (χ4n) is 5.71. The van der Waals surface area contributed by atoms with Gasteiger partial charge in [-0.3, -0.25) is 0 Å². The monoisotopic (exact) mass is 525 g/mol. The van der Waals surface area contributed by atoms with E-state index in [1.165, 1.54) is 0 Å². The van der Waals surface area contributed by atoms with Gasteiger partial charge in [-0.25, -0.2) is 0 Å². The maximum Gasteiger partial charge on any atom is 0.314 e. The first kappa shape index (κ1) is 28.4. The number of hydrogen-bond acceptors (Lipinski definition) is 15. The highest BCUT2D eigenvalue weighted by molar-refractivity contribution is 5.06. The normalized spacial score (nSPS) is 54.4. The summed E-state index contributed by atoms with van der Waals surface area (Å²) in [5, 5.41) is 86.1. The summed E-state index contributed by atoms with van der Waals surface area (Å²) in [6, 6.07) is -2.36. The predicted octanol–water partition coefficient (Wildman–Crippen LogP) is -6.61. The Morgan fingerprint density at radius 1 is 0.917 bits per heavy atom. The van der Waals surface area contributed by atoms with Crippen molar-refractivity contribution in [3.8, 4) is 0 Å². The van der Waals surface area contributed by atoms with Crippen LogP contribution in [0.4, 0.5) is 0 Å². The van der Waals surface area contributed by atoms with Crippen molar-refractivity contribution in [3.63, 3.8) is 0 Å². The summed E-state index contributed by atoms with van der Waals surface area (Å²) >= 11 is 0. The molecule has 0 radical (unpaired) electrons. The molecule has 4 aliphatic rings. The highest BCUT2D eigenvalue weighted by Crippen LogP contribution is 2.46. The van der Waals surface area contributed by atoms with Gasteiger partial charge in [0.1, 0.15) is 36.6 Å². The van der Waals surface area contributed by atoms with E-state index >= 15 is 0 Å². The van der Waals surface area contributed by atoms with Crippen molar-refractivity contribution in [2.24, 2.45) is 17.4 Å². The third kappa shape index (κ3) is 4.70. The van der Waals surface area contributed by atoms with Gasteiger partial charge in [-0.05, 0) is 19.9 Å². The van der Waals surface area contributed by atoms with Crippen LogP contribution in [0.2, 0.25) is 0 Å². The molecule has 4 rings (SSSR count). The van der Waals surface area contributed by atoms with E-state index in [0.29, 0.717) is 6.42 Å². The largest absolute Gasteiger partial charge is 0.396 e. The zero-order chi connectivity index (χ0) is 26.5. The van der Waals surface area contributed by atoms with Crippen LogP contribution in [-0.2, 0) is 18.9 Å². The predicted molar refractivity (Wildman–Crippen MR) is 118 cm³/mol. The summed E-state index contributed by atoms with van der Waals surface area (Å²) < 4.78 is 23.5. The first-order valence-corrected chi connectivity index (χ1v) is 12.2. The summed E-state index contributed by atoms with van der Waals surface area (Å²) in [7, 11) is 1.64. The second-order valence-corrected chi connectivity index (χ2v) is 10.2. The summed E-state index contributed by atoms with van der Waals surface area (Å²) in [6.07, 6.45) is -14.8. The molecule has 0 aromatic carbocycles. The van der Waals surface area contributed by atoms with E-state index in [9.17, 15) is 40.9 Å². The number of aliphatic hydroxyl groups is 8. The first-order chi connectivity index (χ1) is 17.0. The van der Waals surface area contributed by atoms with Crippen molar-refractivity contribution in [1.82, 2.24) is 5.32 Å². The van der Waals surface area contributed by atoms with Gasteiger partial charge in [0.2, 0.25) is 0 Å². The highest BCUT2D eigenvalue weighted by atomic mass is 16.9. The second-order valence-electron chi connectivity index (χ2n) is 10.2. The Balaban J connectivity index is 1.62. The average Bonchev–Trinajstić information content (AvgIpc) is 3.27. The molecule has 4 fully saturated rings. The van der Waals surface area contributed by atoms with Crippen LogP contribution in [0.3, 0.4) is 0 Å². The van der Waals surface area contributed by atoms with Gasteiger partial charge in [-0.1, -0.05) is 0 Å². The van der Waals surface area contributed by atoms with Crippen LogP contribution in [0.25, 0.3) is 0 Å². The van der Waals surface area contributed by atoms with Gasteiger partial charge in [0, 0.05) is 24.6 Å². The second kappa shape index (κ2) is 10.9. The number of fused-ring (bicyclic) bond motifs is 1. The smallest absolute Gasteiger partial charge is 0.314 e. The minimum atomic E-state index is -2.40. The topological polar surface area (TPSA) is 263 Å². The van der Waals surface area contributed by atoms with Gasteiger partial charge in [-0.2, -0.15) is 0 Å². The summed E-state index contributed by atoms with van der Waals surface area (Å²) in [6.45, 7) is -1.09. The van der Waals surface area contributed by atoms with E-state index in [0.717, 1.165) is 0 Å². The minimum Gasteiger partial charge on any atom is -0.396 e. The lowest BCUT2D eigenvalue weighted by Gasteiger charge is -2.46. The van der Waals surface area contributed by atoms with Crippen LogP contribution >= 0.6 is 0 Å². The van der Waals surface area contributed by atoms with Crippen LogP contribution < -0.4 is 16.8 Å². The Kier molecular flexibility index (Phi) is 8.58. The van der Waals surface area contributed by atoms with Gasteiger partial charge in [0.15, 0.2) is 6.10 Å². The molecule has 2 heterocycles. The number of aliphatic hydroxyl groups excluding tert-OH is 8. The SMILES string of the molecule is CN[C@H]1C[C@@H](N)[C@H](O)[C@@H](O[C@@H]2C[C@H](CO)[C@H](O)[C@@H]3O[C@@]4(O[C@@H]([C@H](N)CO)[C@H](O)[C@H](O)[C@H]4O)O[C@H]32)[C@@H]1O. The molecule has 16 atom stereocenters. The molecular formula is C21H39N3O12. The lowest BCUT2D eigenvalue weighted by molar-refractivity contribution is -0.438. The minimum absolute atomic E-state index is 0.0223. The molecule has 36 heavy (non-hydrogen) atoms. The molecule has 2 saturated heterocycles. The van der Waals surface area contributed by atoms with Crippen molar-refractivity contribution in [2.75, 3.05) is 20.3 Å². The van der Waals surface area contributed by atoms with Gasteiger partial charge < -0.3 is 76.6 Å². The van der Waals surface area contributed by atoms with Crippen LogP contribution in [0, 0.1) is 5.92 Å². The first-order valence-electron chi connectivity index (χ1n) is 12.2. The lowest BCUT2D eigenvalue weighted by atomic mass is 9.80. The molecular weight excluding hydrogens is 486 g/mol. The molecule has 210 valence electrons. The molecule has 0 aromatic rings. The van der Waals surface area contributed by atoms with E-state index in [2.05, 4.69) is 5.32 Å². The summed E-state index contributed by atoms with van der Waals surface area (Å²) in [5.41, 5.74) is 11.9. The Labute approximate surface area is 207 Å². The molecule has 0 bridgehead atoms. The van der Waals surface area contributed by atoms with Crippen molar-refractivity contribution >= 4 is 0 Å². The zero-order valence-electron chi connectivity index (χ0n) is 19.9. The van der Waals surface area contributed by atoms with E-state index in [4.69, 9.17) is 30.4 Å². The quantitative estimate of drug-likeness (QED) is 0.154. The van der Waals surface area contributed by atoms with Gasteiger partial charge in [0.25, 0.3) is 0 Å². The summed E-state index contributed by atoms with van der Waals surface area (Å²) in [4.78, 5) is 0.